The topological polar surface area (TPSA) is 15.3 Å². The van der Waals surface area contributed by atoms with E-state index in [0.717, 1.165) is 18.0 Å². The lowest BCUT2D eigenvalue weighted by molar-refractivity contribution is 0.187. The second-order valence-electron chi connectivity index (χ2n) is 7.96. The van der Waals surface area contributed by atoms with Crippen LogP contribution >= 0.6 is 0 Å². The molecular formula is C17H34N2. The van der Waals surface area contributed by atoms with Crippen LogP contribution in [0.5, 0.6) is 0 Å². The predicted molar refractivity (Wildman–Crippen MR) is 83.5 cm³/mol. The van der Waals surface area contributed by atoms with E-state index in [9.17, 15) is 0 Å². The molecule has 1 aliphatic carbocycles. The van der Waals surface area contributed by atoms with Gasteiger partial charge in [-0.3, -0.25) is 0 Å². The fraction of sp³-hybridized carbons (Fsp3) is 1.00. The Hall–Kier alpha value is -0.0800. The molecule has 0 spiro atoms. The second-order valence-corrected chi connectivity index (χ2v) is 7.96. The summed E-state index contributed by atoms with van der Waals surface area (Å²) in [6.07, 6.45) is 9.86. The minimum Gasteiger partial charge on any atom is -0.313 e. The normalized spacial score (nSPS) is 33.6. The molecule has 19 heavy (non-hydrogen) atoms. The van der Waals surface area contributed by atoms with Gasteiger partial charge in [-0.15, -0.1) is 0 Å². The van der Waals surface area contributed by atoms with Gasteiger partial charge in [-0.25, -0.2) is 0 Å². The van der Waals surface area contributed by atoms with Crippen molar-refractivity contribution in [2.24, 2.45) is 11.3 Å². The van der Waals surface area contributed by atoms with Crippen molar-refractivity contribution in [3.05, 3.63) is 0 Å². The van der Waals surface area contributed by atoms with Gasteiger partial charge in [-0.1, -0.05) is 27.2 Å². The van der Waals surface area contributed by atoms with Crippen LogP contribution in [0.2, 0.25) is 0 Å². The Morgan fingerprint density at radius 3 is 2.42 bits per heavy atom. The summed E-state index contributed by atoms with van der Waals surface area (Å²) >= 11 is 0. The second kappa shape index (κ2) is 6.58. The van der Waals surface area contributed by atoms with Gasteiger partial charge in [0.2, 0.25) is 0 Å². The molecule has 2 nitrogen and oxygen atoms in total. The lowest BCUT2D eigenvalue weighted by Crippen LogP contribution is -2.40. The van der Waals surface area contributed by atoms with Crippen molar-refractivity contribution in [2.45, 2.75) is 77.8 Å². The highest BCUT2D eigenvalue weighted by molar-refractivity contribution is 4.84. The minimum absolute atomic E-state index is 0.500. The maximum atomic E-state index is 3.63. The molecule has 3 atom stereocenters. The van der Waals surface area contributed by atoms with Crippen LogP contribution in [0.3, 0.4) is 0 Å². The molecule has 3 unspecified atom stereocenters. The summed E-state index contributed by atoms with van der Waals surface area (Å²) in [4.78, 5) is 2.65. The summed E-state index contributed by atoms with van der Waals surface area (Å²) in [7, 11) is 2.35. The summed E-state index contributed by atoms with van der Waals surface area (Å²) in [6, 6.07) is 1.58. The summed E-state index contributed by atoms with van der Waals surface area (Å²) in [5, 5.41) is 3.63. The first kappa shape index (κ1) is 15.3. The molecule has 1 aliphatic heterocycles. The molecule has 2 aliphatic rings. The van der Waals surface area contributed by atoms with Crippen molar-refractivity contribution in [3.63, 3.8) is 0 Å². The third-order valence-electron chi connectivity index (χ3n) is 5.46. The standard InChI is InChI=1S/C17H34N2/c1-17(2,3)14-7-5-9-16(11-10-14)19(4)13-15-8-6-12-18-15/h14-16,18H,5-13H2,1-4H3. The van der Waals surface area contributed by atoms with Crippen LogP contribution in [0.15, 0.2) is 0 Å². The lowest BCUT2D eigenvalue weighted by atomic mass is 9.76. The fourth-order valence-corrected chi connectivity index (χ4v) is 4.00. The largest absolute Gasteiger partial charge is 0.313 e. The zero-order valence-corrected chi connectivity index (χ0v) is 13.5. The fourth-order valence-electron chi connectivity index (χ4n) is 4.00. The van der Waals surface area contributed by atoms with Crippen LogP contribution in [0.4, 0.5) is 0 Å². The number of rotatable bonds is 3. The molecular weight excluding hydrogens is 232 g/mol. The maximum Gasteiger partial charge on any atom is 0.0195 e. The summed E-state index contributed by atoms with van der Waals surface area (Å²) in [6.45, 7) is 9.75. The highest BCUT2D eigenvalue weighted by Gasteiger charge is 2.29. The Morgan fingerprint density at radius 2 is 1.79 bits per heavy atom. The van der Waals surface area contributed by atoms with Gasteiger partial charge in [0.25, 0.3) is 0 Å². The molecule has 0 aromatic heterocycles. The smallest absolute Gasteiger partial charge is 0.0195 e. The van der Waals surface area contributed by atoms with Crippen LogP contribution in [0.25, 0.3) is 0 Å². The van der Waals surface area contributed by atoms with Crippen molar-refractivity contribution in [1.82, 2.24) is 10.2 Å². The Kier molecular flexibility index (Phi) is 5.30. The number of hydrogen-bond donors (Lipinski definition) is 1. The van der Waals surface area contributed by atoms with Gasteiger partial charge in [-0.05, 0) is 63.5 Å². The van der Waals surface area contributed by atoms with E-state index >= 15 is 0 Å². The molecule has 2 heteroatoms. The van der Waals surface area contributed by atoms with Crippen LogP contribution in [0.1, 0.15) is 65.7 Å². The molecule has 0 aromatic rings. The predicted octanol–water partition coefficient (Wildman–Crippen LogP) is 3.67. The molecule has 1 heterocycles. The first-order valence-electron chi connectivity index (χ1n) is 8.40. The van der Waals surface area contributed by atoms with E-state index in [2.05, 4.69) is 38.0 Å². The zero-order chi connectivity index (χ0) is 13.9. The molecule has 1 N–H and O–H groups in total. The van der Waals surface area contributed by atoms with E-state index in [-0.39, 0.29) is 0 Å². The molecule has 0 amide bonds. The molecule has 112 valence electrons. The van der Waals surface area contributed by atoms with Crippen molar-refractivity contribution >= 4 is 0 Å². The number of nitrogens with one attached hydrogen (secondary N) is 1. The SMILES string of the molecule is CN(CC1CCCN1)C1CCCC(C(C)(C)C)CC1. The van der Waals surface area contributed by atoms with Gasteiger partial charge >= 0.3 is 0 Å². The summed E-state index contributed by atoms with van der Waals surface area (Å²) in [5.41, 5.74) is 0.500. The third-order valence-corrected chi connectivity index (χ3v) is 5.46. The van der Waals surface area contributed by atoms with Gasteiger partial charge in [0, 0.05) is 18.6 Å². The Bertz CT molecular complexity index is 263. The van der Waals surface area contributed by atoms with Gasteiger partial charge in [0.15, 0.2) is 0 Å². The zero-order valence-electron chi connectivity index (χ0n) is 13.5. The summed E-state index contributed by atoms with van der Waals surface area (Å²) in [5.74, 6) is 0.926. The van der Waals surface area contributed by atoms with Crippen LogP contribution in [-0.4, -0.2) is 37.1 Å². The van der Waals surface area contributed by atoms with E-state index < -0.39 is 0 Å². The monoisotopic (exact) mass is 266 g/mol. The van der Waals surface area contributed by atoms with Crippen LogP contribution in [-0.2, 0) is 0 Å². The first-order chi connectivity index (χ1) is 8.97. The van der Waals surface area contributed by atoms with E-state index in [4.69, 9.17) is 0 Å². The molecule has 1 saturated heterocycles. The van der Waals surface area contributed by atoms with Crippen molar-refractivity contribution in [1.29, 1.82) is 0 Å². The molecule has 1 saturated carbocycles. The van der Waals surface area contributed by atoms with E-state index in [1.54, 1.807) is 0 Å². The van der Waals surface area contributed by atoms with E-state index in [0.29, 0.717) is 5.41 Å². The van der Waals surface area contributed by atoms with E-state index in [1.165, 1.54) is 58.0 Å². The van der Waals surface area contributed by atoms with Crippen LogP contribution < -0.4 is 5.32 Å². The van der Waals surface area contributed by atoms with Crippen molar-refractivity contribution in [2.75, 3.05) is 20.1 Å². The molecule has 2 rings (SSSR count). The van der Waals surface area contributed by atoms with E-state index in [1.807, 2.05) is 0 Å². The molecule has 0 radical (unpaired) electrons. The maximum absolute atomic E-state index is 3.63. The minimum atomic E-state index is 0.500. The van der Waals surface area contributed by atoms with Gasteiger partial charge in [0.1, 0.15) is 0 Å². The Labute approximate surface area is 120 Å². The van der Waals surface area contributed by atoms with Gasteiger partial charge < -0.3 is 10.2 Å². The van der Waals surface area contributed by atoms with Crippen LogP contribution in [0, 0.1) is 11.3 Å². The average Bonchev–Trinajstić information content (AvgIpc) is 2.69. The number of hydrogen-bond acceptors (Lipinski definition) is 2. The average molecular weight is 266 g/mol. The highest BCUT2D eigenvalue weighted by atomic mass is 15.2. The molecule has 2 fully saturated rings. The van der Waals surface area contributed by atoms with Crippen molar-refractivity contribution in [3.8, 4) is 0 Å². The highest BCUT2D eigenvalue weighted by Crippen LogP contribution is 2.37. The van der Waals surface area contributed by atoms with Gasteiger partial charge in [0.05, 0.1) is 0 Å². The number of nitrogens with zero attached hydrogens (tertiary/aromatic N) is 1. The first-order valence-corrected chi connectivity index (χ1v) is 8.40. The quantitative estimate of drug-likeness (QED) is 0.784. The molecule has 0 aromatic carbocycles. The summed E-state index contributed by atoms with van der Waals surface area (Å²) < 4.78 is 0. The molecule has 0 bridgehead atoms. The number of likely N-dealkylation sites (N-methyl/N-ethyl adjacent to an activating group) is 1. The van der Waals surface area contributed by atoms with Gasteiger partial charge in [-0.2, -0.15) is 0 Å². The lowest BCUT2D eigenvalue weighted by Gasteiger charge is -2.31. The Balaban J connectivity index is 1.81. The van der Waals surface area contributed by atoms with Crippen molar-refractivity contribution < 1.29 is 0 Å². The third kappa shape index (κ3) is 4.46. The Morgan fingerprint density at radius 1 is 1.00 bits per heavy atom.